The number of aromatic nitrogens is 4. The monoisotopic (exact) mass is 424 g/mol. The summed E-state index contributed by atoms with van der Waals surface area (Å²) in [5.41, 5.74) is 2.57. The number of benzene rings is 1. The smallest absolute Gasteiger partial charge is 0.146 e. The molecule has 5 rings (SSSR count). The van der Waals surface area contributed by atoms with Crippen molar-refractivity contribution >= 4 is 33.5 Å². The highest BCUT2D eigenvalue weighted by atomic mass is 35.5. The third-order valence-electron chi connectivity index (χ3n) is 5.31. The Labute approximate surface area is 178 Å². The summed E-state index contributed by atoms with van der Waals surface area (Å²) in [7, 11) is 1.67. The summed E-state index contributed by atoms with van der Waals surface area (Å²) < 4.78 is 19.4. The summed E-state index contributed by atoms with van der Waals surface area (Å²) in [6.45, 7) is 0.969. The second-order valence-electron chi connectivity index (χ2n) is 7.32. The van der Waals surface area contributed by atoms with E-state index in [1.807, 2.05) is 47.2 Å². The van der Waals surface area contributed by atoms with E-state index in [-0.39, 0.29) is 12.3 Å². The second-order valence-corrected chi connectivity index (χ2v) is 7.67. The van der Waals surface area contributed by atoms with Crippen LogP contribution in [0.25, 0.3) is 21.9 Å². The van der Waals surface area contributed by atoms with Gasteiger partial charge in [-0.3, -0.25) is 4.98 Å². The first-order valence-electron chi connectivity index (χ1n) is 9.85. The summed E-state index contributed by atoms with van der Waals surface area (Å²) in [6.07, 6.45) is 5.14. The lowest BCUT2D eigenvalue weighted by Gasteiger charge is -2.16. The molecule has 0 radical (unpaired) electrons. The third-order valence-corrected chi connectivity index (χ3v) is 5.61. The minimum absolute atomic E-state index is 0.00763. The molecular weight excluding hydrogens is 404 g/mol. The molecule has 1 aromatic carbocycles. The Hall–Kier alpha value is -2.74. The molecule has 7 nitrogen and oxygen atoms in total. The van der Waals surface area contributed by atoms with Crippen molar-refractivity contribution in [2.24, 2.45) is 0 Å². The van der Waals surface area contributed by atoms with Gasteiger partial charge >= 0.3 is 0 Å². The molecule has 1 aliphatic rings. The van der Waals surface area contributed by atoms with E-state index in [0.29, 0.717) is 18.4 Å². The Morgan fingerprint density at radius 2 is 2.07 bits per heavy atom. The van der Waals surface area contributed by atoms with Crippen molar-refractivity contribution in [3.05, 3.63) is 59.8 Å². The van der Waals surface area contributed by atoms with Crippen LogP contribution in [0.1, 0.15) is 24.8 Å². The first kappa shape index (κ1) is 19.2. The van der Waals surface area contributed by atoms with Crippen LogP contribution in [0.15, 0.2) is 48.9 Å². The van der Waals surface area contributed by atoms with Crippen LogP contribution in [0.2, 0.25) is 5.15 Å². The molecule has 2 unspecified atom stereocenters. The summed E-state index contributed by atoms with van der Waals surface area (Å²) in [5, 5.41) is 2.36. The molecule has 4 aromatic rings. The number of hydrogen-bond donors (Lipinski definition) is 0. The molecule has 0 N–H and O–H groups in total. The van der Waals surface area contributed by atoms with Gasteiger partial charge < -0.3 is 18.8 Å². The molecule has 0 amide bonds. The summed E-state index contributed by atoms with van der Waals surface area (Å²) in [4.78, 5) is 13.0. The molecule has 0 spiro atoms. The number of pyridine rings is 1. The molecule has 2 atom stereocenters. The fourth-order valence-corrected chi connectivity index (χ4v) is 4.02. The Balaban J connectivity index is 1.25. The predicted molar refractivity (Wildman–Crippen MR) is 114 cm³/mol. The zero-order valence-electron chi connectivity index (χ0n) is 16.5. The van der Waals surface area contributed by atoms with Gasteiger partial charge in [0, 0.05) is 24.8 Å². The van der Waals surface area contributed by atoms with Crippen molar-refractivity contribution in [2.45, 2.75) is 31.8 Å². The molecule has 0 saturated carbocycles. The molecular formula is C22H21ClN4O3. The highest BCUT2D eigenvalue weighted by Crippen LogP contribution is 2.32. The SMILES string of the molecule is COCc1ccc2ccc(OCC3CCC(n4ccc5c(Cl)ncnc54)O3)cc2n1. The lowest BCUT2D eigenvalue weighted by Crippen LogP contribution is -2.18. The van der Waals surface area contributed by atoms with E-state index < -0.39 is 0 Å². The topological polar surface area (TPSA) is 71.3 Å². The highest BCUT2D eigenvalue weighted by molar-refractivity contribution is 6.33. The van der Waals surface area contributed by atoms with Crippen LogP contribution < -0.4 is 4.74 Å². The molecule has 0 aliphatic carbocycles. The van der Waals surface area contributed by atoms with Gasteiger partial charge in [0.2, 0.25) is 0 Å². The van der Waals surface area contributed by atoms with Crippen LogP contribution in [0.5, 0.6) is 5.75 Å². The van der Waals surface area contributed by atoms with Crippen LogP contribution in [-0.2, 0) is 16.1 Å². The lowest BCUT2D eigenvalue weighted by atomic mass is 10.2. The third kappa shape index (κ3) is 3.71. The fourth-order valence-electron chi connectivity index (χ4n) is 3.83. The number of rotatable bonds is 6. The largest absolute Gasteiger partial charge is 0.491 e. The van der Waals surface area contributed by atoms with Crippen molar-refractivity contribution in [1.29, 1.82) is 0 Å². The van der Waals surface area contributed by atoms with E-state index in [4.69, 9.17) is 25.8 Å². The van der Waals surface area contributed by atoms with Gasteiger partial charge in [-0.1, -0.05) is 17.7 Å². The van der Waals surface area contributed by atoms with Crippen molar-refractivity contribution in [1.82, 2.24) is 19.5 Å². The maximum atomic E-state index is 6.22. The Kier molecular flexibility index (Phi) is 5.25. The quantitative estimate of drug-likeness (QED) is 0.423. The van der Waals surface area contributed by atoms with Gasteiger partial charge in [-0.15, -0.1) is 0 Å². The van der Waals surface area contributed by atoms with Crippen molar-refractivity contribution < 1.29 is 14.2 Å². The van der Waals surface area contributed by atoms with Crippen molar-refractivity contribution in [3.63, 3.8) is 0 Å². The number of nitrogens with zero attached hydrogens (tertiary/aromatic N) is 4. The molecule has 8 heteroatoms. The van der Waals surface area contributed by atoms with Crippen molar-refractivity contribution in [3.8, 4) is 5.75 Å². The van der Waals surface area contributed by atoms with Crippen LogP contribution in [-0.4, -0.2) is 39.3 Å². The molecule has 1 saturated heterocycles. The summed E-state index contributed by atoms with van der Waals surface area (Å²) >= 11 is 6.15. The average Bonchev–Trinajstić information content (AvgIpc) is 3.40. The van der Waals surface area contributed by atoms with Crippen LogP contribution >= 0.6 is 11.6 Å². The van der Waals surface area contributed by atoms with Gasteiger partial charge in [0.05, 0.1) is 29.3 Å². The first-order chi connectivity index (χ1) is 14.7. The minimum atomic E-state index is -0.0862. The standard InChI is InChI=1S/C22H21ClN4O3/c1-28-11-15-4-2-14-3-5-16(10-19(14)26-15)29-12-17-6-7-20(30-17)27-9-8-18-21(23)24-13-25-22(18)27/h2-5,8-10,13,17,20H,6-7,11-12H2,1H3. The molecule has 30 heavy (non-hydrogen) atoms. The Bertz CT molecular complexity index is 1200. The molecule has 1 fully saturated rings. The van der Waals surface area contributed by atoms with Gasteiger partial charge in [0.1, 0.15) is 35.7 Å². The maximum Gasteiger partial charge on any atom is 0.146 e. The van der Waals surface area contributed by atoms with Gasteiger partial charge in [-0.05, 0) is 37.1 Å². The molecule has 154 valence electrons. The van der Waals surface area contributed by atoms with E-state index >= 15 is 0 Å². The normalized spacial score (nSPS) is 19.0. The second kappa shape index (κ2) is 8.18. The zero-order valence-corrected chi connectivity index (χ0v) is 17.2. The van der Waals surface area contributed by atoms with Gasteiger partial charge in [0.25, 0.3) is 0 Å². The number of hydrogen-bond acceptors (Lipinski definition) is 6. The summed E-state index contributed by atoms with van der Waals surface area (Å²) in [6, 6.07) is 11.9. The Morgan fingerprint density at radius 1 is 1.17 bits per heavy atom. The van der Waals surface area contributed by atoms with Crippen molar-refractivity contribution in [2.75, 3.05) is 13.7 Å². The van der Waals surface area contributed by atoms with Gasteiger partial charge in [-0.25, -0.2) is 9.97 Å². The average molecular weight is 425 g/mol. The molecule has 3 aromatic heterocycles. The Morgan fingerprint density at radius 3 is 2.97 bits per heavy atom. The van der Waals surface area contributed by atoms with E-state index in [2.05, 4.69) is 15.0 Å². The summed E-state index contributed by atoms with van der Waals surface area (Å²) in [5.74, 6) is 0.780. The molecule has 0 bridgehead atoms. The highest BCUT2D eigenvalue weighted by Gasteiger charge is 2.28. The number of halogens is 1. The van der Waals surface area contributed by atoms with Crippen LogP contribution in [0.3, 0.4) is 0 Å². The lowest BCUT2D eigenvalue weighted by molar-refractivity contribution is -0.0156. The minimum Gasteiger partial charge on any atom is -0.491 e. The number of ether oxygens (including phenoxy) is 3. The van der Waals surface area contributed by atoms with Crippen LogP contribution in [0.4, 0.5) is 0 Å². The van der Waals surface area contributed by atoms with Gasteiger partial charge in [-0.2, -0.15) is 0 Å². The molecule has 1 aliphatic heterocycles. The van der Waals surface area contributed by atoms with E-state index in [1.54, 1.807) is 7.11 Å². The first-order valence-corrected chi connectivity index (χ1v) is 10.2. The van der Waals surface area contributed by atoms with Crippen LogP contribution in [0, 0.1) is 0 Å². The van der Waals surface area contributed by atoms with E-state index in [1.165, 1.54) is 6.33 Å². The number of fused-ring (bicyclic) bond motifs is 2. The fraction of sp³-hybridized carbons (Fsp3) is 0.318. The predicted octanol–water partition coefficient (Wildman–Crippen LogP) is 4.54. The maximum absolute atomic E-state index is 6.22. The van der Waals surface area contributed by atoms with E-state index in [9.17, 15) is 0 Å². The number of methoxy groups -OCH3 is 1. The van der Waals surface area contributed by atoms with E-state index in [0.717, 1.165) is 46.2 Å². The van der Waals surface area contributed by atoms with Gasteiger partial charge in [0.15, 0.2) is 0 Å². The molecule has 4 heterocycles. The zero-order chi connectivity index (χ0) is 20.5.